The Morgan fingerprint density at radius 2 is 1.47 bits per heavy atom. The average molecular weight is 531 g/mol. The molecule has 0 aliphatic heterocycles. The van der Waals surface area contributed by atoms with Gasteiger partial charge in [-0.3, -0.25) is 24.9 Å². The molecule has 0 aliphatic rings. The SMILES string of the molecule is CCOc1ccc(NS(=O)(=O)c2ccc(NC(=S)NC(=O)COc3ccc([N+](=O)[O-])cc3)cc2)cc1. The standard InChI is InChI=1S/C23H22N4O7S2/c1-2-33-19-9-3-17(4-10-19)26-36(31,32)21-13-5-16(6-14-21)24-23(35)25-22(28)15-34-20-11-7-18(8-12-20)27(29)30/h3-14,26H,2,15H2,1H3,(H2,24,25,28,35). The number of non-ortho nitro benzene ring substituents is 1. The minimum absolute atomic E-state index is 0.0181. The van der Waals surface area contributed by atoms with Gasteiger partial charge in [-0.1, -0.05) is 0 Å². The number of hydrogen-bond acceptors (Lipinski definition) is 8. The fourth-order valence-electron chi connectivity index (χ4n) is 2.86. The molecule has 0 aromatic heterocycles. The molecule has 0 bridgehead atoms. The summed E-state index contributed by atoms with van der Waals surface area (Å²) in [7, 11) is -3.82. The molecule has 0 saturated carbocycles. The van der Waals surface area contributed by atoms with Crippen LogP contribution < -0.4 is 24.8 Å². The minimum Gasteiger partial charge on any atom is -0.494 e. The van der Waals surface area contributed by atoms with Gasteiger partial charge in [0.25, 0.3) is 21.6 Å². The van der Waals surface area contributed by atoms with Gasteiger partial charge in [-0.05, 0) is 79.8 Å². The molecule has 1 amide bonds. The van der Waals surface area contributed by atoms with Gasteiger partial charge in [0.1, 0.15) is 11.5 Å². The Morgan fingerprint density at radius 3 is 2.06 bits per heavy atom. The third-order valence-electron chi connectivity index (χ3n) is 4.51. The number of anilines is 2. The summed E-state index contributed by atoms with van der Waals surface area (Å²) in [6, 6.07) is 17.6. The number of carbonyl (C=O) groups excluding carboxylic acids is 1. The second-order valence-corrected chi connectivity index (χ2v) is 9.22. The normalized spacial score (nSPS) is 10.7. The van der Waals surface area contributed by atoms with Crippen molar-refractivity contribution in [3.05, 3.63) is 82.9 Å². The summed E-state index contributed by atoms with van der Waals surface area (Å²) in [4.78, 5) is 22.2. The first-order valence-electron chi connectivity index (χ1n) is 10.5. The van der Waals surface area contributed by atoms with Crippen LogP contribution in [0.25, 0.3) is 0 Å². The summed E-state index contributed by atoms with van der Waals surface area (Å²) in [6.07, 6.45) is 0. The molecule has 0 aliphatic carbocycles. The van der Waals surface area contributed by atoms with E-state index in [0.717, 1.165) is 0 Å². The number of thiocarbonyl (C=S) groups is 1. The van der Waals surface area contributed by atoms with Crippen LogP contribution in [0.15, 0.2) is 77.7 Å². The zero-order valence-electron chi connectivity index (χ0n) is 19.0. The van der Waals surface area contributed by atoms with E-state index in [2.05, 4.69) is 15.4 Å². The van der Waals surface area contributed by atoms with Gasteiger partial charge >= 0.3 is 0 Å². The van der Waals surface area contributed by atoms with Crippen LogP contribution in [0.4, 0.5) is 17.1 Å². The van der Waals surface area contributed by atoms with E-state index in [1.807, 2.05) is 6.92 Å². The molecule has 0 unspecified atom stereocenters. The lowest BCUT2D eigenvalue weighted by atomic mass is 10.3. The van der Waals surface area contributed by atoms with Gasteiger partial charge in [-0.2, -0.15) is 0 Å². The zero-order chi connectivity index (χ0) is 26.1. The fraction of sp³-hybridized carbons (Fsp3) is 0.130. The summed E-state index contributed by atoms with van der Waals surface area (Å²) in [6.45, 7) is 2.00. The smallest absolute Gasteiger partial charge is 0.269 e. The summed E-state index contributed by atoms with van der Waals surface area (Å²) in [5.41, 5.74) is 0.750. The van der Waals surface area contributed by atoms with Gasteiger partial charge in [0, 0.05) is 23.5 Å². The Bertz CT molecular complexity index is 1330. The van der Waals surface area contributed by atoms with E-state index in [0.29, 0.717) is 23.7 Å². The minimum atomic E-state index is -3.82. The molecule has 36 heavy (non-hydrogen) atoms. The Balaban J connectivity index is 1.49. The van der Waals surface area contributed by atoms with Crippen LogP contribution >= 0.6 is 12.2 Å². The molecule has 0 heterocycles. The van der Waals surface area contributed by atoms with Crippen molar-refractivity contribution in [1.82, 2.24) is 5.32 Å². The molecular formula is C23H22N4O7S2. The van der Waals surface area contributed by atoms with Crippen LogP contribution in [0.3, 0.4) is 0 Å². The van der Waals surface area contributed by atoms with Gasteiger partial charge in [-0.15, -0.1) is 0 Å². The molecule has 3 aromatic carbocycles. The van der Waals surface area contributed by atoms with E-state index in [1.54, 1.807) is 24.3 Å². The molecule has 0 radical (unpaired) electrons. The van der Waals surface area contributed by atoms with Crippen molar-refractivity contribution in [2.24, 2.45) is 0 Å². The van der Waals surface area contributed by atoms with Crippen molar-refractivity contribution in [2.75, 3.05) is 23.3 Å². The number of nitrogens with one attached hydrogen (secondary N) is 3. The number of benzene rings is 3. The third-order valence-corrected chi connectivity index (χ3v) is 6.11. The molecule has 0 atom stereocenters. The molecular weight excluding hydrogens is 508 g/mol. The number of nitro benzene ring substituents is 1. The highest BCUT2D eigenvalue weighted by molar-refractivity contribution is 7.92. The van der Waals surface area contributed by atoms with Gasteiger partial charge in [0.05, 0.1) is 16.4 Å². The second-order valence-electron chi connectivity index (χ2n) is 7.13. The number of amides is 1. The van der Waals surface area contributed by atoms with Gasteiger partial charge in [0.15, 0.2) is 11.7 Å². The maximum Gasteiger partial charge on any atom is 0.269 e. The van der Waals surface area contributed by atoms with Gasteiger partial charge in [0.2, 0.25) is 0 Å². The first-order valence-corrected chi connectivity index (χ1v) is 12.4. The van der Waals surface area contributed by atoms with E-state index >= 15 is 0 Å². The maximum atomic E-state index is 12.6. The predicted octanol–water partition coefficient (Wildman–Crippen LogP) is 3.69. The number of ether oxygens (including phenoxy) is 2. The quantitative estimate of drug-likeness (QED) is 0.203. The molecule has 3 rings (SSSR count). The van der Waals surface area contributed by atoms with E-state index in [9.17, 15) is 23.3 Å². The summed E-state index contributed by atoms with van der Waals surface area (Å²) in [5, 5.41) is 15.8. The lowest BCUT2D eigenvalue weighted by molar-refractivity contribution is -0.384. The molecule has 0 saturated heterocycles. The molecule has 3 N–H and O–H groups in total. The van der Waals surface area contributed by atoms with Crippen molar-refractivity contribution in [3.8, 4) is 11.5 Å². The van der Waals surface area contributed by atoms with Crippen molar-refractivity contribution in [3.63, 3.8) is 0 Å². The Hall–Kier alpha value is -4.23. The molecule has 188 valence electrons. The number of carbonyl (C=O) groups is 1. The van der Waals surface area contributed by atoms with E-state index < -0.39 is 20.9 Å². The first-order chi connectivity index (χ1) is 17.2. The molecule has 0 fully saturated rings. The third kappa shape index (κ3) is 7.65. The highest BCUT2D eigenvalue weighted by atomic mass is 32.2. The van der Waals surface area contributed by atoms with E-state index in [4.69, 9.17) is 21.7 Å². The fourth-order valence-corrected chi connectivity index (χ4v) is 4.15. The second kappa shape index (κ2) is 12.0. The number of nitro groups is 1. The van der Waals surface area contributed by atoms with Gasteiger partial charge < -0.3 is 14.8 Å². The van der Waals surface area contributed by atoms with Crippen molar-refractivity contribution < 1.29 is 27.6 Å². The van der Waals surface area contributed by atoms with Crippen LogP contribution in [0.5, 0.6) is 11.5 Å². The van der Waals surface area contributed by atoms with Crippen molar-refractivity contribution >= 4 is 50.3 Å². The number of rotatable bonds is 10. The van der Waals surface area contributed by atoms with Crippen molar-refractivity contribution in [1.29, 1.82) is 0 Å². The average Bonchev–Trinajstić information content (AvgIpc) is 2.84. The predicted molar refractivity (Wildman–Crippen MR) is 138 cm³/mol. The van der Waals surface area contributed by atoms with Crippen LogP contribution in [-0.2, 0) is 14.8 Å². The molecule has 3 aromatic rings. The summed E-state index contributed by atoms with van der Waals surface area (Å²) < 4.78 is 38.4. The lowest BCUT2D eigenvalue weighted by Crippen LogP contribution is -2.37. The van der Waals surface area contributed by atoms with Crippen molar-refractivity contribution in [2.45, 2.75) is 11.8 Å². The topological polar surface area (TPSA) is 149 Å². The van der Waals surface area contributed by atoms with Crippen LogP contribution in [0.1, 0.15) is 6.92 Å². The van der Waals surface area contributed by atoms with Gasteiger partial charge in [-0.25, -0.2) is 8.42 Å². The highest BCUT2D eigenvalue weighted by Crippen LogP contribution is 2.21. The monoisotopic (exact) mass is 530 g/mol. The lowest BCUT2D eigenvalue weighted by Gasteiger charge is -2.12. The van der Waals surface area contributed by atoms with E-state index in [-0.39, 0.29) is 28.1 Å². The Kier molecular flexibility index (Phi) is 8.76. The molecule has 13 heteroatoms. The first kappa shape index (κ1) is 26.4. The Morgan fingerprint density at radius 1 is 0.917 bits per heavy atom. The summed E-state index contributed by atoms with van der Waals surface area (Å²) >= 11 is 5.10. The number of hydrogen-bond donors (Lipinski definition) is 3. The Labute approximate surface area is 212 Å². The number of sulfonamides is 1. The highest BCUT2D eigenvalue weighted by Gasteiger charge is 2.15. The number of nitrogens with zero attached hydrogens (tertiary/aromatic N) is 1. The molecule has 11 nitrogen and oxygen atoms in total. The summed E-state index contributed by atoms with van der Waals surface area (Å²) in [5.74, 6) is 0.367. The van der Waals surface area contributed by atoms with E-state index in [1.165, 1.54) is 48.5 Å². The molecule has 0 spiro atoms. The van der Waals surface area contributed by atoms with Crippen LogP contribution in [0.2, 0.25) is 0 Å². The maximum absolute atomic E-state index is 12.6. The van der Waals surface area contributed by atoms with Crippen LogP contribution in [0, 0.1) is 10.1 Å². The largest absolute Gasteiger partial charge is 0.494 e. The van der Waals surface area contributed by atoms with Crippen LogP contribution in [-0.4, -0.2) is 37.6 Å². The zero-order valence-corrected chi connectivity index (χ0v) is 20.6.